The number of ether oxygens (including phenoxy) is 1. The summed E-state index contributed by atoms with van der Waals surface area (Å²) in [5, 5.41) is 17.4. The molecule has 0 radical (unpaired) electrons. The molecule has 0 bridgehead atoms. The lowest BCUT2D eigenvalue weighted by atomic mass is 9.93. The normalized spacial score (nSPS) is 24.0. The van der Waals surface area contributed by atoms with E-state index in [1.807, 2.05) is 26.0 Å². The van der Waals surface area contributed by atoms with Gasteiger partial charge in [0.05, 0.1) is 7.11 Å². The molecule has 12 nitrogen and oxygen atoms in total. The van der Waals surface area contributed by atoms with Gasteiger partial charge in [-0.05, 0) is 55.7 Å². The molecule has 12 heteroatoms. The van der Waals surface area contributed by atoms with Gasteiger partial charge in [-0.25, -0.2) is 5.48 Å². The van der Waals surface area contributed by atoms with Gasteiger partial charge in [0.15, 0.2) is 0 Å². The first-order valence-corrected chi connectivity index (χ1v) is 15.5. The van der Waals surface area contributed by atoms with Crippen LogP contribution in [0.15, 0.2) is 24.3 Å². The summed E-state index contributed by atoms with van der Waals surface area (Å²) in [4.78, 5) is 67.8. The van der Waals surface area contributed by atoms with E-state index < -0.39 is 41.9 Å². The fourth-order valence-corrected chi connectivity index (χ4v) is 5.64. The van der Waals surface area contributed by atoms with Gasteiger partial charge in [0.2, 0.25) is 29.5 Å². The van der Waals surface area contributed by atoms with Crippen LogP contribution in [0, 0.1) is 5.92 Å². The maximum atomic E-state index is 13.9. The molecule has 0 spiro atoms. The topological polar surface area (TPSA) is 166 Å². The molecule has 0 aromatic heterocycles. The number of amides is 5. The van der Waals surface area contributed by atoms with Crippen LogP contribution in [0.25, 0.3) is 0 Å². The highest BCUT2D eigenvalue weighted by atomic mass is 16.5. The van der Waals surface area contributed by atoms with Crippen molar-refractivity contribution in [3.05, 3.63) is 29.8 Å². The van der Waals surface area contributed by atoms with E-state index in [4.69, 9.17) is 9.94 Å². The summed E-state index contributed by atoms with van der Waals surface area (Å²) in [6, 6.07) is 3.77. The zero-order chi connectivity index (χ0) is 31.4. The molecule has 238 valence electrons. The Morgan fingerprint density at radius 1 is 0.977 bits per heavy atom. The number of hydrogen-bond acceptors (Lipinski definition) is 7. The zero-order valence-electron chi connectivity index (χ0n) is 25.5. The molecule has 2 aliphatic heterocycles. The number of hydroxylamine groups is 1. The first-order chi connectivity index (χ1) is 20.7. The minimum Gasteiger partial charge on any atom is -0.497 e. The number of fused-ring (bicyclic) bond motifs is 1. The minimum atomic E-state index is -0.978. The SMILES string of the molecule is CC[C@@H](C)[C@@H]1NC(=O)[C@@H](Cc2ccc(OC)cc2)NC(=O)[C@H](CCCCCCC(=O)NO)NC(=O)[C@H]2CCCCN2C1=O. The summed E-state index contributed by atoms with van der Waals surface area (Å²) in [6.45, 7) is 4.26. The Morgan fingerprint density at radius 3 is 2.33 bits per heavy atom. The second kappa shape index (κ2) is 16.8. The average Bonchev–Trinajstić information content (AvgIpc) is 3.03. The van der Waals surface area contributed by atoms with Crippen molar-refractivity contribution in [1.29, 1.82) is 0 Å². The van der Waals surface area contributed by atoms with E-state index in [0.29, 0.717) is 57.2 Å². The molecule has 0 aliphatic carbocycles. The smallest absolute Gasteiger partial charge is 0.246 e. The van der Waals surface area contributed by atoms with Crippen LogP contribution in [0.5, 0.6) is 5.75 Å². The van der Waals surface area contributed by atoms with Gasteiger partial charge in [0.25, 0.3) is 0 Å². The number of methoxy groups -OCH3 is 1. The molecule has 5 amide bonds. The number of carbonyl (C=O) groups excluding carboxylic acids is 5. The second-order valence-electron chi connectivity index (χ2n) is 11.6. The van der Waals surface area contributed by atoms with E-state index >= 15 is 0 Å². The minimum absolute atomic E-state index is 0.182. The summed E-state index contributed by atoms with van der Waals surface area (Å²) in [7, 11) is 1.56. The molecule has 2 saturated heterocycles. The summed E-state index contributed by atoms with van der Waals surface area (Å²) in [6.07, 6.45) is 5.97. The molecular weight excluding hydrogens is 554 g/mol. The highest BCUT2D eigenvalue weighted by Gasteiger charge is 2.40. The van der Waals surface area contributed by atoms with Crippen LogP contribution < -0.4 is 26.2 Å². The van der Waals surface area contributed by atoms with Crippen molar-refractivity contribution in [2.75, 3.05) is 13.7 Å². The maximum absolute atomic E-state index is 13.9. The lowest BCUT2D eigenvalue weighted by molar-refractivity contribution is -0.147. The monoisotopic (exact) mass is 601 g/mol. The number of nitrogens with one attached hydrogen (secondary N) is 4. The summed E-state index contributed by atoms with van der Waals surface area (Å²) >= 11 is 0. The zero-order valence-corrected chi connectivity index (χ0v) is 25.5. The number of carbonyl (C=O) groups is 5. The molecule has 1 aromatic rings. The van der Waals surface area contributed by atoms with Crippen molar-refractivity contribution in [2.45, 2.75) is 109 Å². The standard InChI is InChI=1S/C31H47N5O7/c1-4-20(2)27-31(41)36-18-10-9-12-25(36)30(40)32-23(11-7-5-6-8-13-26(37)35-42)28(38)33-24(29(39)34-27)19-21-14-16-22(43-3)17-15-21/h14-17,20,23-25,27,42H,4-13,18-19H2,1-3H3,(H,32,40)(H,33,38)(H,34,39)(H,35,37)/t20-,23+,24-,25-,27+/m1/s1. The van der Waals surface area contributed by atoms with Crippen molar-refractivity contribution in [3.8, 4) is 5.75 Å². The van der Waals surface area contributed by atoms with E-state index in [1.165, 1.54) is 0 Å². The fraction of sp³-hybridized carbons (Fsp3) is 0.645. The highest BCUT2D eigenvalue weighted by Crippen LogP contribution is 2.22. The van der Waals surface area contributed by atoms with Crippen LogP contribution in [0.1, 0.15) is 83.6 Å². The number of rotatable bonds is 12. The van der Waals surface area contributed by atoms with E-state index in [-0.39, 0.29) is 30.6 Å². The van der Waals surface area contributed by atoms with Crippen LogP contribution in [-0.2, 0) is 30.4 Å². The Hall–Kier alpha value is -3.67. The third-order valence-electron chi connectivity index (χ3n) is 8.50. The predicted molar refractivity (Wildman–Crippen MR) is 159 cm³/mol. The van der Waals surface area contributed by atoms with E-state index in [9.17, 15) is 24.0 Å². The van der Waals surface area contributed by atoms with Crippen molar-refractivity contribution in [1.82, 2.24) is 26.3 Å². The lowest BCUT2D eigenvalue weighted by Crippen LogP contribution is -2.64. The first-order valence-electron chi connectivity index (χ1n) is 15.5. The third kappa shape index (κ3) is 9.67. The van der Waals surface area contributed by atoms with Gasteiger partial charge >= 0.3 is 0 Å². The average molecular weight is 602 g/mol. The van der Waals surface area contributed by atoms with Crippen LogP contribution in [0.3, 0.4) is 0 Å². The van der Waals surface area contributed by atoms with Crippen molar-refractivity contribution in [3.63, 3.8) is 0 Å². The Morgan fingerprint density at radius 2 is 1.65 bits per heavy atom. The molecule has 2 heterocycles. The number of piperidine rings is 1. The lowest BCUT2D eigenvalue weighted by Gasteiger charge is -2.39. The third-order valence-corrected chi connectivity index (χ3v) is 8.50. The summed E-state index contributed by atoms with van der Waals surface area (Å²) < 4.78 is 5.24. The molecule has 0 saturated carbocycles. The quantitative estimate of drug-likeness (QED) is 0.139. The predicted octanol–water partition coefficient (Wildman–Crippen LogP) is 1.98. The molecule has 2 aliphatic rings. The molecule has 0 unspecified atom stereocenters. The van der Waals surface area contributed by atoms with Gasteiger partial charge in [-0.2, -0.15) is 0 Å². The van der Waals surface area contributed by atoms with Crippen LogP contribution in [0.2, 0.25) is 0 Å². The van der Waals surface area contributed by atoms with E-state index in [2.05, 4.69) is 16.0 Å². The van der Waals surface area contributed by atoms with E-state index in [1.54, 1.807) is 29.6 Å². The van der Waals surface area contributed by atoms with Gasteiger partial charge < -0.3 is 25.6 Å². The van der Waals surface area contributed by atoms with Crippen LogP contribution in [-0.4, -0.2) is 77.5 Å². The first kappa shape index (κ1) is 33.8. The van der Waals surface area contributed by atoms with Crippen LogP contribution in [0.4, 0.5) is 0 Å². The largest absolute Gasteiger partial charge is 0.497 e. The molecule has 3 rings (SSSR count). The Labute approximate surface area is 253 Å². The molecule has 5 N–H and O–H groups in total. The molecule has 1 aromatic carbocycles. The van der Waals surface area contributed by atoms with Gasteiger partial charge in [0, 0.05) is 19.4 Å². The Kier molecular flexibility index (Phi) is 13.2. The summed E-state index contributed by atoms with van der Waals surface area (Å²) in [5.74, 6) is -1.53. The van der Waals surface area contributed by atoms with Crippen LogP contribution >= 0.6 is 0 Å². The Bertz CT molecular complexity index is 1110. The second-order valence-corrected chi connectivity index (χ2v) is 11.6. The summed E-state index contributed by atoms with van der Waals surface area (Å²) in [5.41, 5.74) is 2.41. The highest BCUT2D eigenvalue weighted by molar-refractivity contribution is 5.97. The number of hydrogen-bond donors (Lipinski definition) is 5. The van der Waals surface area contributed by atoms with E-state index in [0.717, 1.165) is 18.4 Å². The molecule has 5 atom stereocenters. The van der Waals surface area contributed by atoms with Crippen molar-refractivity contribution >= 4 is 29.5 Å². The van der Waals surface area contributed by atoms with Gasteiger partial charge in [0.1, 0.15) is 29.9 Å². The van der Waals surface area contributed by atoms with Gasteiger partial charge in [-0.1, -0.05) is 51.7 Å². The van der Waals surface area contributed by atoms with Crippen molar-refractivity contribution < 1.29 is 33.9 Å². The number of benzene rings is 1. The molecule has 2 fully saturated rings. The number of nitrogens with zero attached hydrogens (tertiary/aromatic N) is 1. The Balaban J connectivity index is 1.87. The fourth-order valence-electron chi connectivity index (χ4n) is 5.64. The van der Waals surface area contributed by atoms with Crippen molar-refractivity contribution in [2.24, 2.45) is 5.92 Å². The van der Waals surface area contributed by atoms with Gasteiger partial charge in [-0.3, -0.25) is 29.2 Å². The molecular formula is C31H47N5O7. The maximum Gasteiger partial charge on any atom is 0.246 e. The number of unbranched alkanes of at least 4 members (excludes halogenated alkanes) is 3. The van der Waals surface area contributed by atoms with Gasteiger partial charge in [-0.15, -0.1) is 0 Å². The molecule has 43 heavy (non-hydrogen) atoms.